The molecule has 0 spiro atoms. The van der Waals surface area contributed by atoms with Gasteiger partial charge in [-0.1, -0.05) is 42.5 Å². The first-order valence-corrected chi connectivity index (χ1v) is 13.1. The summed E-state index contributed by atoms with van der Waals surface area (Å²) in [5, 5.41) is 2.86. The van der Waals surface area contributed by atoms with Crippen LogP contribution in [0.2, 0.25) is 0 Å². The average Bonchev–Trinajstić information content (AvgIpc) is 3.34. The SMILES string of the molecule is NCCOCCOCCNC(=O)CC1CSCN1C(=O)Cc1ccc(OCc2ccccc2)cc1. The molecular weight excluding hydrogens is 466 g/mol. The molecule has 0 aromatic heterocycles. The van der Waals surface area contributed by atoms with Crippen molar-refractivity contribution in [3.8, 4) is 5.75 Å². The molecule has 8 nitrogen and oxygen atoms in total. The smallest absolute Gasteiger partial charge is 0.227 e. The summed E-state index contributed by atoms with van der Waals surface area (Å²) < 4.78 is 16.5. The van der Waals surface area contributed by atoms with Crippen LogP contribution in [-0.2, 0) is 32.1 Å². The lowest BCUT2D eigenvalue weighted by molar-refractivity contribution is -0.132. The first-order valence-electron chi connectivity index (χ1n) is 11.9. The van der Waals surface area contributed by atoms with E-state index in [4.69, 9.17) is 19.9 Å². The monoisotopic (exact) mass is 501 g/mol. The Morgan fingerprint density at radius 2 is 1.71 bits per heavy atom. The van der Waals surface area contributed by atoms with Crippen LogP contribution in [0.3, 0.4) is 0 Å². The van der Waals surface area contributed by atoms with Crippen molar-refractivity contribution < 1.29 is 23.8 Å². The largest absolute Gasteiger partial charge is 0.489 e. The van der Waals surface area contributed by atoms with Crippen molar-refractivity contribution in [3.05, 3.63) is 65.7 Å². The molecule has 0 aliphatic carbocycles. The molecule has 1 unspecified atom stereocenters. The number of thioether (sulfide) groups is 1. The van der Waals surface area contributed by atoms with Gasteiger partial charge in [-0.05, 0) is 23.3 Å². The molecule has 2 aromatic rings. The van der Waals surface area contributed by atoms with Crippen LogP contribution in [0.5, 0.6) is 5.75 Å². The summed E-state index contributed by atoms with van der Waals surface area (Å²) in [7, 11) is 0. The average molecular weight is 502 g/mol. The molecular formula is C26H35N3O5S. The molecule has 0 bridgehead atoms. The number of ether oxygens (including phenoxy) is 3. The van der Waals surface area contributed by atoms with Crippen LogP contribution in [0.15, 0.2) is 54.6 Å². The third kappa shape index (κ3) is 9.89. The quantitative estimate of drug-likeness (QED) is 0.361. The number of nitrogens with zero attached hydrogens (tertiary/aromatic N) is 1. The maximum Gasteiger partial charge on any atom is 0.227 e. The minimum Gasteiger partial charge on any atom is -0.489 e. The van der Waals surface area contributed by atoms with Gasteiger partial charge in [0.25, 0.3) is 0 Å². The van der Waals surface area contributed by atoms with E-state index in [0.29, 0.717) is 64.8 Å². The third-order valence-corrected chi connectivity index (χ3v) is 6.53. The van der Waals surface area contributed by atoms with Crippen molar-refractivity contribution >= 4 is 23.6 Å². The molecule has 3 N–H and O–H groups in total. The predicted molar refractivity (Wildman–Crippen MR) is 137 cm³/mol. The fourth-order valence-corrected chi connectivity index (χ4v) is 4.83. The van der Waals surface area contributed by atoms with E-state index in [2.05, 4.69) is 5.32 Å². The summed E-state index contributed by atoms with van der Waals surface area (Å²) in [6.07, 6.45) is 0.600. The van der Waals surface area contributed by atoms with Gasteiger partial charge in [-0.3, -0.25) is 9.59 Å². The summed E-state index contributed by atoms with van der Waals surface area (Å²) in [5.74, 6) is 2.11. The number of nitrogens with one attached hydrogen (secondary N) is 1. The van der Waals surface area contributed by atoms with Crippen LogP contribution >= 0.6 is 11.8 Å². The van der Waals surface area contributed by atoms with Crippen LogP contribution in [0.4, 0.5) is 0 Å². The summed E-state index contributed by atoms with van der Waals surface area (Å²) in [4.78, 5) is 27.1. The van der Waals surface area contributed by atoms with Crippen molar-refractivity contribution in [2.45, 2.75) is 25.5 Å². The standard InChI is InChI=1S/C26H35N3O5S/c27-10-12-32-14-15-33-13-11-28-25(30)17-23-19-35-20-29(23)26(31)16-21-6-8-24(9-7-21)34-18-22-4-2-1-3-5-22/h1-9,23H,10-20,27H2,(H,28,30). The Morgan fingerprint density at radius 1 is 0.971 bits per heavy atom. The Balaban J connectivity index is 1.36. The van der Waals surface area contributed by atoms with Gasteiger partial charge in [0.05, 0.1) is 44.8 Å². The van der Waals surface area contributed by atoms with E-state index in [0.717, 1.165) is 22.6 Å². The van der Waals surface area contributed by atoms with Crippen molar-refractivity contribution in [1.82, 2.24) is 10.2 Å². The highest BCUT2D eigenvalue weighted by Gasteiger charge is 2.30. The lowest BCUT2D eigenvalue weighted by Crippen LogP contribution is -2.41. The van der Waals surface area contributed by atoms with E-state index >= 15 is 0 Å². The van der Waals surface area contributed by atoms with Crippen molar-refractivity contribution in [1.29, 1.82) is 0 Å². The second kappa shape index (κ2) is 15.4. The first-order chi connectivity index (χ1) is 17.2. The van der Waals surface area contributed by atoms with Crippen LogP contribution < -0.4 is 15.8 Å². The highest BCUT2D eigenvalue weighted by Crippen LogP contribution is 2.24. The molecule has 1 aliphatic rings. The highest BCUT2D eigenvalue weighted by atomic mass is 32.2. The molecule has 2 aromatic carbocycles. The maximum atomic E-state index is 12.9. The van der Waals surface area contributed by atoms with Crippen LogP contribution in [0.1, 0.15) is 17.5 Å². The Kier molecular flexibility index (Phi) is 11.9. The minimum absolute atomic E-state index is 0.0339. The second-order valence-electron chi connectivity index (χ2n) is 8.18. The number of carbonyl (C=O) groups excluding carboxylic acids is 2. The first kappa shape index (κ1) is 27.0. The molecule has 1 heterocycles. The molecule has 1 saturated heterocycles. The van der Waals surface area contributed by atoms with Crippen LogP contribution in [-0.4, -0.2) is 73.9 Å². The van der Waals surface area contributed by atoms with Gasteiger partial charge in [0.1, 0.15) is 12.4 Å². The van der Waals surface area contributed by atoms with Crippen LogP contribution in [0.25, 0.3) is 0 Å². The number of hydrogen-bond donors (Lipinski definition) is 2. The lowest BCUT2D eigenvalue weighted by atomic mass is 10.1. The van der Waals surface area contributed by atoms with Crippen molar-refractivity contribution in [3.63, 3.8) is 0 Å². The normalized spacial score (nSPS) is 15.2. The fourth-order valence-electron chi connectivity index (χ4n) is 3.60. The molecule has 190 valence electrons. The van der Waals surface area contributed by atoms with Crippen molar-refractivity contribution in [2.75, 3.05) is 51.1 Å². The highest BCUT2D eigenvalue weighted by molar-refractivity contribution is 7.99. The number of amides is 2. The fraction of sp³-hybridized carbons (Fsp3) is 0.462. The molecule has 3 rings (SSSR count). The molecule has 0 radical (unpaired) electrons. The van der Waals surface area contributed by atoms with Gasteiger partial charge in [-0.2, -0.15) is 0 Å². The number of hydrogen-bond acceptors (Lipinski definition) is 7. The summed E-state index contributed by atoms with van der Waals surface area (Å²) in [6, 6.07) is 17.5. The molecule has 2 amide bonds. The lowest BCUT2D eigenvalue weighted by Gasteiger charge is -2.23. The van der Waals surface area contributed by atoms with Gasteiger partial charge in [0.15, 0.2) is 0 Å². The third-order valence-electron chi connectivity index (χ3n) is 5.45. The molecule has 1 aliphatic heterocycles. The van der Waals surface area contributed by atoms with E-state index in [1.54, 1.807) is 11.8 Å². The van der Waals surface area contributed by atoms with Crippen LogP contribution in [0, 0.1) is 0 Å². The van der Waals surface area contributed by atoms with E-state index in [9.17, 15) is 9.59 Å². The molecule has 1 fully saturated rings. The van der Waals surface area contributed by atoms with Gasteiger partial charge in [-0.15, -0.1) is 11.8 Å². The molecule has 0 saturated carbocycles. The van der Waals surface area contributed by atoms with Gasteiger partial charge in [0, 0.05) is 25.3 Å². The minimum atomic E-state index is -0.0911. The molecule has 9 heteroatoms. The Labute approximate surface area is 211 Å². The van der Waals surface area contributed by atoms with Gasteiger partial charge in [0.2, 0.25) is 11.8 Å². The zero-order valence-corrected chi connectivity index (χ0v) is 20.8. The van der Waals surface area contributed by atoms with E-state index in [-0.39, 0.29) is 17.9 Å². The zero-order chi connectivity index (χ0) is 24.7. The van der Waals surface area contributed by atoms with E-state index in [1.165, 1.54) is 0 Å². The summed E-state index contributed by atoms with van der Waals surface area (Å²) in [6.45, 7) is 3.33. The van der Waals surface area contributed by atoms with Gasteiger partial charge in [-0.25, -0.2) is 0 Å². The van der Waals surface area contributed by atoms with E-state index in [1.807, 2.05) is 59.5 Å². The maximum absolute atomic E-state index is 12.9. The zero-order valence-electron chi connectivity index (χ0n) is 20.0. The Hall–Kier alpha value is -2.59. The van der Waals surface area contributed by atoms with Gasteiger partial charge < -0.3 is 30.2 Å². The summed E-state index contributed by atoms with van der Waals surface area (Å²) >= 11 is 1.68. The van der Waals surface area contributed by atoms with E-state index < -0.39 is 0 Å². The topological polar surface area (TPSA) is 103 Å². The van der Waals surface area contributed by atoms with Gasteiger partial charge >= 0.3 is 0 Å². The number of carbonyl (C=O) groups is 2. The Morgan fingerprint density at radius 3 is 2.46 bits per heavy atom. The number of rotatable bonds is 15. The molecule has 1 atom stereocenters. The predicted octanol–water partition coefficient (Wildman–Crippen LogP) is 2.21. The Bertz CT molecular complexity index is 898. The second-order valence-corrected chi connectivity index (χ2v) is 9.18. The molecule has 35 heavy (non-hydrogen) atoms. The number of nitrogens with two attached hydrogens (primary N) is 1. The van der Waals surface area contributed by atoms with Crippen molar-refractivity contribution in [2.24, 2.45) is 5.73 Å². The number of benzene rings is 2. The summed E-state index contributed by atoms with van der Waals surface area (Å²) in [5.41, 5.74) is 7.38.